The molecule has 4 rings (SSSR count). The predicted octanol–water partition coefficient (Wildman–Crippen LogP) is 3.73. The van der Waals surface area contributed by atoms with E-state index in [4.69, 9.17) is 0 Å². The van der Waals surface area contributed by atoms with Crippen molar-refractivity contribution in [2.24, 2.45) is 5.10 Å². The molecule has 0 radical (unpaired) electrons. The minimum atomic E-state index is -0.448. The van der Waals surface area contributed by atoms with E-state index in [1.165, 1.54) is 11.3 Å². The van der Waals surface area contributed by atoms with Crippen LogP contribution >= 0.6 is 11.3 Å². The first-order chi connectivity index (χ1) is 12.7. The van der Waals surface area contributed by atoms with E-state index in [9.17, 15) is 4.79 Å². The average Bonchev–Trinajstić information content (AvgIpc) is 3.25. The van der Waals surface area contributed by atoms with Crippen molar-refractivity contribution in [3.63, 3.8) is 0 Å². The summed E-state index contributed by atoms with van der Waals surface area (Å²) in [5.41, 5.74) is 5.45. The Labute approximate surface area is 154 Å². The maximum atomic E-state index is 12.2. The van der Waals surface area contributed by atoms with E-state index in [0.29, 0.717) is 0 Å². The molecule has 1 amide bonds. The average molecular weight is 363 g/mol. The van der Waals surface area contributed by atoms with Crippen LogP contribution in [0.3, 0.4) is 0 Å². The van der Waals surface area contributed by atoms with E-state index in [-0.39, 0.29) is 5.91 Å². The Kier molecular flexibility index (Phi) is 4.37. The Bertz CT molecular complexity index is 1060. The fourth-order valence-corrected chi connectivity index (χ4v) is 3.60. The molecule has 0 bridgehead atoms. The fourth-order valence-electron chi connectivity index (χ4n) is 2.65. The number of carbonyl (C=O) groups is 1. The zero-order valence-corrected chi connectivity index (χ0v) is 14.9. The summed E-state index contributed by atoms with van der Waals surface area (Å²) in [6.45, 7) is 1.78. The quantitative estimate of drug-likeness (QED) is 0.373. The zero-order chi connectivity index (χ0) is 17.9. The Morgan fingerprint density at radius 3 is 2.92 bits per heavy atom. The lowest BCUT2D eigenvalue weighted by atomic mass is 10.2. The molecule has 0 spiro atoms. The Morgan fingerprint density at radius 1 is 1.23 bits per heavy atom. The van der Waals surface area contributed by atoms with Crippen LogP contribution in [0.5, 0.6) is 0 Å². The highest BCUT2D eigenvalue weighted by atomic mass is 32.1. The van der Waals surface area contributed by atoms with Crippen molar-refractivity contribution >= 4 is 49.7 Å². The summed E-state index contributed by atoms with van der Waals surface area (Å²) in [5, 5.41) is 8.97. The van der Waals surface area contributed by atoms with Gasteiger partial charge in [0, 0.05) is 22.7 Å². The van der Waals surface area contributed by atoms with Crippen molar-refractivity contribution < 1.29 is 4.79 Å². The Balaban J connectivity index is 1.39. The van der Waals surface area contributed by atoms with E-state index in [1.54, 1.807) is 13.1 Å². The summed E-state index contributed by atoms with van der Waals surface area (Å²) in [4.78, 5) is 19.9. The number of nitrogens with zero attached hydrogens (tertiary/aromatic N) is 2. The van der Waals surface area contributed by atoms with Gasteiger partial charge in [-0.15, -0.1) is 0 Å². The number of hydrogen-bond donors (Lipinski definition) is 3. The summed E-state index contributed by atoms with van der Waals surface area (Å²) in [6.07, 6.45) is 3.50. The number of nitrogens with one attached hydrogen (secondary N) is 3. The second kappa shape index (κ2) is 6.97. The van der Waals surface area contributed by atoms with Gasteiger partial charge in [0.1, 0.15) is 6.04 Å². The molecule has 26 heavy (non-hydrogen) atoms. The van der Waals surface area contributed by atoms with E-state index in [0.717, 1.165) is 31.8 Å². The molecule has 1 atom stereocenters. The van der Waals surface area contributed by atoms with E-state index in [1.807, 2.05) is 54.7 Å². The van der Waals surface area contributed by atoms with Crippen LogP contribution in [0.25, 0.3) is 21.1 Å². The summed E-state index contributed by atoms with van der Waals surface area (Å²) >= 11 is 1.52. The van der Waals surface area contributed by atoms with Crippen molar-refractivity contribution in [3.05, 3.63) is 60.3 Å². The third-order valence-electron chi connectivity index (χ3n) is 4.03. The lowest BCUT2D eigenvalue weighted by Gasteiger charge is -2.10. The van der Waals surface area contributed by atoms with Gasteiger partial charge in [-0.25, -0.2) is 10.4 Å². The summed E-state index contributed by atoms with van der Waals surface area (Å²) in [5.74, 6) is -0.222. The van der Waals surface area contributed by atoms with Gasteiger partial charge in [-0.3, -0.25) is 4.79 Å². The van der Waals surface area contributed by atoms with Gasteiger partial charge in [0.05, 0.1) is 16.4 Å². The van der Waals surface area contributed by atoms with Crippen LogP contribution in [0.1, 0.15) is 12.5 Å². The SMILES string of the molecule is C[C@@H](Nc1nc2ccccc2s1)C(=O)N/N=C/c1c[nH]c2ccccc12. The van der Waals surface area contributed by atoms with Gasteiger partial charge in [-0.2, -0.15) is 5.10 Å². The van der Waals surface area contributed by atoms with E-state index < -0.39 is 6.04 Å². The molecule has 0 aliphatic heterocycles. The topological polar surface area (TPSA) is 82.2 Å². The summed E-state index contributed by atoms with van der Waals surface area (Å²) in [7, 11) is 0. The van der Waals surface area contributed by atoms with Gasteiger partial charge in [0.2, 0.25) is 0 Å². The molecule has 0 fully saturated rings. The number of fused-ring (bicyclic) bond motifs is 2. The number of aromatic nitrogens is 2. The van der Waals surface area contributed by atoms with Crippen molar-refractivity contribution in [2.75, 3.05) is 5.32 Å². The first kappa shape index (κ1) is 16.3. The molecule has 0 saturated heterocycles. The summed E-state index contributed by atoms with van der Waals surface area (Å²) < 4.78 is 1.08. The van der Waals surface area contributed by atoms with Crippen molar-refractivity contribution in [2.45, 2.75) is 13.0 Å². The molecule has 3 N–H and O–H groups in total. The van der Waals surface area contributed by atoms with Crippen LogP contribution in [-0.4, -0.2) is 28.1 Å². The maximum Gasteiger partial charge on any atom is 0.262 e. The number of H-pyrrole nitrogens is 1. The van der Waals surface area contributed by atoms with E-state index in [2.05, 4.69) is 25.8 Å². The van der Waals surface area contributed by atoms with Crippen LogP contribution in [0.15, 0.2) is 59.8 Å². The van der Waals surface area contributed by atoms with Crippen LogP contribution in [0.2, 0.25) is 0 Å². The monoisotopic (exact) mass is 363 g/mol. The number of hydrazone groups is 1. The third-order valence-corrected chi connectivity index (χ3v) is 4.99. The molecular weight excluding hydrogens is 346 g/mol. The maximum absolute atomic E-state index is 12.2. The number of anilines is 1. The fraction of sp³-hybridized carbons (Fsp3) is 0.105. The third kappa shape index (κ3) is 3.29. The number of benzene rings is 2. The number of carbonyl (C=O) groups excluding carboxylic acids is 1. The number of thiazole rings is 1. The van der Waals surface area contributed by atoms with E-state index >= 15 is 0 Å². The van der Waals surface area contributed by atoms with Gasteiger partial charge in [0.15, 0.2) is 5.13 Å². The molecule has 0 saturated carbocycles. The smallest absolute Gasteiger partial charge is 0.262 e. The molecule has 0 unspecified atom stereocenters. The van der Waals surface area contributed by atoms with Crippen LogP contribution < -0.4 is 10.7 Å². The van der Waals surface area contributed by atoms with Gasteiger partial charge in [-0.05, 0) is 25.1 Å². The lowest BCUT2D eigenvalue weighted by molar-refractivity contribution is -0.121. The van der Waals surface area contributed by atoms with Crippen molar-refractivity contribution in [1.29, 1.82) is 0 Å². The molecular formula is C19H17N5OS. The number of amides is 1. The molecule has 0 aliphatic rings. The summed E-state index contributed by atoms with van der Waals surface area (Å²) in [6, 6.07) is 15.4. The van der Waals surface area contributed by atoms with Crippen LogP contribution in [-0.2, 0) is 4.79 Å². The first-order valence-electron chi connectivity index (χ1n) is 8.22. The minimum absolute atomic E-state index is 0.222. The molecule has 7 heteroatoms. The second-order valence-corrected chi connectivity index (χ2v) is 6.91. The number of hydrogen-bond acceptors (Lipinski definition) is 5. The molecule has 2 aromatic heterocycles. The van der Waals surface area contributed by atoms with Gasteiger partial charge >= 0.3 is 0 Å². The first-order valence-corrected chi connectivity index (χ1v) is 9.03. The highest BCUT2D eigenvalue weighted by Crippen LogP contribution is 2.25. The van der Waals surface area contributed by atoms with Gasteiger partial charge < -0.3 is 10.3 Å². The molecule has 2 aromatic carbocycles. The highest BCUT2D eigenvalue weighted by molar-refractivity contribution is 7.22. The van der Waals surface area contributed by atoms with Gasteiger partial charge in [-0.1, -0.05) is 41.7 Å². The molecule has 130 valence electrons. The van der Waals surface area contributed by atoms with Crippen LogP contribution in [0.4, 0.5) is 5.13 Å². The van der Waals surface area contributed by atoms with Gasteiger partial charge in [0.25, 0.3) is 5.91 Å². The molecule has 2 heterocycles. The van der Waals surface area contributed by atoms with Crippen molar-refractivity contribution in [1.82, 2.24) is 15.4 Å². The highest BCUT2D eigenvalue weighted by Gasteiger charge is 2.14. The largest absolute Gasteiger partial charge is 0.361 e. The number of para-hydroxylation sites is 2. The Morgan fingerprint density at radius 2 is 2.04 bits per heavy atom. The van der Waals surface area contributed by atoms with Crippen molar-refractivity contribution in [3.8, 4) is 0 Å². The lowest BCUT2D eigenvalue weighted by Crippen LogP contribution is -2.34. The van der Waals surface area contributed by atoms with Crippen LogP contribution in [0, 0.1) is 0 Å². The number of aromatic amines is 1. The molecule has 4 aromatic rings. The molecule has 0 aliphatic carbocycles. The normalized spacial score (nSPS) is 12.7. The minimum Gasteiger partial charge on any atom is -0.361 e. The standard InChI is InChI=1S/C19H17N5OS/c1-12(22-19-23-16-8-4-5-9-17(16)26-19)18(25)24-21-11-13-10-20-15-7-3-2-6-14(13)15/h2-12,20H,1H3,(H,22,23)(H,24,25)/b21-11+/t12-/m1/s1. The molecule has 6 nitrogen and oxygen atoms in total. The Hall–Kier alpha value is -3.19. The number of rotatable bonds is 5. The second-order valence-electron chi connectivity index (χ2n) is 5.88. The predicted molar refractivity (Wildman–Crippen MR) is 107 cm³/mol. The zero-order valence-electron chi connectivity index (χ0n) is 14.1.